The van der Waals surface area contributed by atoms with Crippen molar-refractivity contribution in [3.8, 4) is 0 Å². The zero-order chi connectivity index (χ0) is 18.0. The Hall–Kier alpha value is -1.69. The fourth-order valence-corrected chi connectivity index (χ4v) is 3.41. The quantitative estimate of drug-likeness (QED) is 0.845. The van der Waals surface area contributed by atoms with Gasteiger partial charge in [0.2, 0.25) is 0 Å². The number of hydrogen-bond donors (Lipinski definition) is 1. The molecule has 0 saturated carbocycles. The van der Waals surface area contributed by atoms with Crippen LogP contribution in [-0.2, 0) is 11.3 Å². The first-order valence-electron chi connectivity index (χ1n) is 8.94. The Kier molecular flexibility index (Phi) is 5.27. The monoisotopic (exact) mass is 344 g/mol. The second kappa shape index (κ2) is 7.28. The molecule has 1 fully saturated rings. The van der Waals surface area contributed by atoms with Crippen LogP contribution in [0.1, 0.15) is 30.5 Å². The third-order valence-electron chi connectivity index (χ3n) is 5.18. The van der Waals surface area contributed by atoms with Gasteiger partial charge in [-0.3, -0.25) is 4.90 Å². The molecule has 0 bridgehead atoms. The van der Waals surface area contributed by atoms with Gasteiger partial charge in [0, 0.05) is 43.2 Å². The van der Waals surface area contributed by atoms with Gasteiger partial charge in [0.25, 0.3) is 0 Å². The maximum atomic E-state index is 11.9. The van der Waals surface area contributed by atoms with Crippen molar-refractivity contribution in [2.24, 2.45) is 0 Å². The predicted octanol–water partition coefficient (Wildman–Crippen LogP) is 2.61. The van der Waals surface area contributed by atoms with Crippen LogP contribution in [0.15, 0.2) is 27.4 Å². The van der Waals surface area contributed by atoms with Gasteiger partial charge < -0.3 is 14.5 Å². The highest BCUT2D eigenvalue weighted by molar-refractivity contribution is 5.81. The lowest BCUT2D eigenvalue weighted by Gasteiger charge is -2.41. The number of nitrogens with zero attached hydrogens (tertiary/aromatic N) is 1. The fraction of sp³-hybridized carbons (Fsp3) is 0.550. The second-order valence-corrected chi connectivity index (χ2v) is 7.54. The number of ether oxygens (including phenoxy) is 1. The Labute approximate surface area is 149 Å². The number of morpholine rings is 1. The molecule has 136 valence electrons. The van der Waals surface area contributed by atoms with Crippen LogP contribution in [-0.4, -0.2) is 43.3 Å². The first-order valence-corrected chi connectivity index (χ1v) is 8.94. The molecule has 1 aromatic heterocycles. The predicted molar refractivity (Wildman–Crippen MR) is 100 cm³/mol. The zero-order valence-corrected chi connectivity index (χ0v) is 15.6. The summed E-state index contributed by atoms with van der Waals surface area (Å²) in [6.45, 7) is 13.6. The van der Waals surface area contributed by atoms with E-state index in [-0.39, 0.29) is 11.2 Å². The third kappa shape index (κ3) is 4.11. The number of rotatable bonds is 5. The molecule has 1 saturated heterocycles. The van der Waals surface area contributed by atoms with E-state index in [1.165, 1.54) is 5.56 Å². The molecule has 2 aromatic rings. The molecule has 0 unspecified atom stereocenters. The van der Waals surface area contributed by atoms with Crippen LogP contribution < -0.4 is 10.9 Å². The first kappa shape index (κ1) is 18.1. The van der Waals surface area contributed by atoms with Crippen molar-refractivity contribution in [3.05, 3.63) is 45.3 Å². The molecule has 1 aromatic carbocycles. The fourth-order valence-electron chi connectivity index (χ4n) is 3.41. The van der Waals surface area contributed by atoms with Gasteiger partial charge in [-0.1, -0.05) is 0 Å². The van der Waals surface area contributed by atoms with Crippen LogP contribution >= 0.6 is 0 Å². The summed E-state index contributed by atoms with van der Waals surface area (Å²) in [5.41, 5.74) is 3.75. The van der Waals surface area contributed by atoms with Gasteiger partial charge >= 0.3 is 5.63 Å². The molecule has 5 heteroatoms. The van der Waals surface area contributed by atoms with Crippen LogP contribution in [0.4, 0.5) is 0 Å². The van der Waals surface area contributed by atoms with Gasteiger partial charge in [0.15, 0.2) is 0 Å². The Morgan fingerprint density at radius 1 is 1.12 bits per heavy atom. The van der Waals surface area contributed by atoms with Gasteiger partial charge in [0.1, 0.15) is 5.58 Å². The van der Waals surface area contributed by atoms with E-state index >= 15 is 0 Å². The van der Waals surface area contributed by atoms with Crippen LogP contribution in [0.3, 0.4) is 0 Å². The molecule has 3 rings (SSSR count). The third-order valence-corrected chi connectivity index (χ3v) is 5.18. The van der Waals surface area contributed by atoms with Crippen molar-refractivity contribution >= 4 is 11.0 Å². The average Bonchev–Trinajstić information content (AvgIpc) is 2.57. The first-order chi connectivity index (χ1) is 11.9. The second-order valence-electron chi connectivity index (χ2n) is 7.54. The van der Waals surface area contributed by atoms with Gasteiger partial charge in [-0.2, -0.15) is 0 Å². The topological polar surface area (TPSA) is 54.7 Å². The number of benzene rings is 1. The van der Waals surface area contributed by atoms with Crippen molar-refractivity contribution in [2.45, 2.75) is 39.8 Å². The van der Waals surface area contributed by atoms with E-state index < -0.39 is 0 Å². The van der Waals surface area contributed by atoms with Crippen LogP contribution in [0, 0.1) is 13.8 Å². The standard InChI is InChI=1S/C20H28N2O3/c1-14-9-17-16(11-19(23)25-18(17)10-15(14)2)12-21-13-20(3,4)22-5-7-24-8-6-22/h9-11,21H,5-8,12-13H2,1-4H3. The largest absolute Gasteiger partial charge is 0.423 e. The summed E-state index contributed by atoms with van der Waals surface area (Å²) in [5, 5.41) is 4.54. The minimum atomic E-state index is -0.292. The van der Waals surface area contributed by atoms with Crippen molar-refractivity contribution in [1.82, 2.24) is 10.2 Å². The van der Waals surface area contributed by atoms with E-state index in [0.717, 1.165) is 49.4 Å². The van der Waals surface area contributed by atoms with Crippen molar-refractivity contribution in [1.29, 1.82) is 0 Å². The molecule has 0 atom stereocenters. The lowest BCUT2D eigenvalue weighted by atomic mass is 10.0. The molecule has 1 N–H and O–H groups in total. The van der Waals surface area contributed by atoms with E-state index in [1.807, 2.05) is 13.0 Å². The maximum absolute atomic E-state index is 11.9. The maximum Gasteiger partial charge on any atom is 0.336 e. The van der Waals surface area contributed by atoms with Crippen LogP contribution in [0.25, 0.3) is 11.0 Å². The van der Waals surface area contributed by atoms with Gasteiger partial charge in [-0.05, 0) is 56.5 Å². The Morgan fingerprint density at radius 2 is 1.80 bits per heavy atom. The minimum Gasteiger partial charge on any atom is -0.423 e. The molecule has 0 radical (unpaired) electrons. The SMILES string of the molecule is Cc1cc2oc(=O)cc(CNCC(C)(C)N3CCOCC3)c2cc1C. The summed E-state index contributed by atoms with van der Waals surface area (Å²) in [4.78, 5) is 14.3. The normalized spacial score (nSPS) is 16.5. The number of hydrogen-bond acceptors (Lipinski definition) is 5. The molecule has 2 heterocycles. The molecule has 0 spiro atoms. The summed E-state index contributed by atoms with van der Waals surface area (Å²) < 4.78 is 10.8. The highest BCUT2D eigenvalue weighted by atomic mass is 16.5. The van der Waals surface area contributed by atoms with E-state index in [9.17, 15) is 4.79 Å². The summed E-state index contributed by atoms with van der Waals surface area (Å²) in [6, 6.07) is 5.66. The smallest absolute Gasteiger partial charge is 0.336 e. The van der Waals surface area contributed by atoms with E-state index in [2.05, 4.69) is 37.1 Å². The van der Waals surface area contributed by atoms with Gasteiger partial charge in [0.05, 0.1) is 13.2 Å². The molecule has 25 heavy (non-hydrogen) atoms. The Balaban J connectivity index is 1.74. The van der Waals surface area contributed by atoms with E-state index in [4.69, 9.17) is 9.15 Å². The summed E-state index contributed by atoms with van der Waals surface area (Å²) in [6.07, 6.45) is 0. The van der Waals surface area contributed by atoms with Gasteiger partial charge in [-0.15, -0.1) is 0 Å². The highest BCUT2D eigenvalue weighted by Gasteiger charge is 2.27. The lowest BCUT2D eigenvalue weighted by Crippen LogP contribution is -2.54. The highest BCUT2D eigenvalue weighted by Crippen LogP contribution is 2.22. The molecular weight excluding hydrogens is 316 g/mol. The average molecular weight is 344 g/mol. The number of fused-ring (bicyclic) bond motifs is 1. The summed E-state index contributed by atoms with van der Waals surface area (Å²) in [7, 11) is 0. The van der Waals surface area contributed by atoms with Crippen molar-refractivity contribution in [3.63, 3.8) is 0 Å². The number of nitrogens with one attached hydrogen (secondary N) is 1. The lowest BCUT2D eigenvalue weighted by molar-refractivity contribution is -0.00966. The van der Waals surface area contributed by atoms with Gasteiger partial charge in [-0.25, -0.2) is 4.79 Å². The zero-order valence-electron chi connectivity index (χ0n) is 15.6. The van der Waals surface area contributed by atoms with Crippen LogP contribution in [0.2, 0.25) is 0 Å². The molecule has 1 aliphatic heterocycles. The minimum absolute atomic E-state index is 0.0472. The molecule has 0 aliphatic carbocycles. The molecule has 0 amide bonds. The summed E-state index contributed by atoms with van der Waals surface area (Å²) in [5.74, 6) is 0. The number of aryl methyl sites for hydroxylation is 2. The van der Waals surface area contributed by atoms with E-state index in [0.29, 0.717) is 12.1 Å². The summed E-state index contributed by atoms with van der Waals surface area (Å²) >= 11 is 0. The molecular formula is C20H28N2O3. The van der Waals surface area contributed by atoms with Crippen molar-refractivity contribution in [2.75, 3.05) is 32.8 Å². The van der Waals surface area contributed by atoms with Crippen LogP contribution in [0.5, 0.6) is 0 Å². The van der Waals surface area contributed by atoms with E-state index in [1.54, 1.807) is 6.07 Å². The Morgan fingerprint density at radius 3 is 2.52 bits per heavy atom. The molecule has 1 aliphatic rings. The Bertz CT molecular complexity index is 804. The van der Waals surface area contributed by atoms with Crippen molar-refractivity contribution < 1.29 is 9.15 Å². The molecule has 5 nitrogen and oxygen atoms in total.